The van der Waals surface area contributed by atoms with Crippen LogP contribution in [0.25, 0.3) is 16.9 Å². The van der Waals surface area contributed by atoms with Gasteiger partial charge in [0.05, 0.1) is 18.4 Å². The Balaban J connectivity index is 1.65. The lowest BCUT2D eigenvalue weighted by atomic mass is 10.1. The fraction of sp³-hybridized carbons (Fsp3) is 0.273. The van der Waals surface area contributed by atoms with E-state index in [1.807, 2.05) is 35.1 Å². The van der Waals surface area contributed by atoms with E-state index in [0.717, 1.165) is 25.2 Å². The molecular weight excluding hydrogens is 414 g/mol. The molecule has 9 heteroatoms. The molecule has 0 unspecified atom stereocenters. The van der Waals surface area contributed by atoms with Crippen LogP contribution in [0.1, 0.15) is 24.2 Å². The zero-order valence-corrected chi connectivity index (χ0v) is 18.3. The van der Waals surface area contributed by atoms with Gasteiger partial charge in [-0.25, -0.2) is 9.50 Å². The summed E-state index contributed by atoms with van der Waals surface area (Å²) in [6.07, 6.45) is 6.76. The zero-order chi connectivity index (χ0) is 21.8. The third-order valence-electron chi connectivity index (χ3n) is 5.17. The smallest absolute Gasteiger partial charge is 0.261 e. The van der Waals surface area contributed by atoms with Crippen LogP contribution in [0.4, 0.5) is 5.69 Å². The topological polar surface area (TPSA) is 80.3 Å². The van der Waals surface area contributed by atoms with Gasteiger partial charge in [-0.15, -0.1) is 0 Å². The van der Waals surface area contributed by atoms with Crippen LogP contribution in [0.15, 0.2) is 55.1 Å². The largest absolute Gasteiger partial charge is 0.319 e. The van der Waals surface area contributed by atoms with Crippen LogP contribution < -0.4 is 5.32 Å². The number of nitrogens with one attached hydrogen (secondary N) is 1. The predicted molar refractivity (Wildman–Crippen MR) is 121 cm³/mol. The number of rotatable bonds is 8. The highest BCUT2D eigenvalue weighted by atomic mass is 35.5. The molecule has 0 fully saturated rings. The van der Waals surface area contributed by atoms with Crippen molar-refractivity contribution >= 4 is 28.8 Å². The van der Waals surface area contributed by atoms with E-state index in [1.54, 1.807) is 23.0 Å². The van der Waals surface area contributed by atoms with Gasteiger partial charge in [-0.1, -0.05) is 37.6 Å². The summed E-state index contributed by atoms with van der Waals surface area (Å²) in [6.45, 7) is 7.81. The van der Waals surface area contributed by atoms with Gasteiger partial charge in [-0.05, 0) is 31.3 Å². The maximum absolute atomic E-state index is 13.0. The average molecular weight is 438 g/mol. The molecular formula is C22H24ClN7O. The molecule has 1 N–H and O–H groups in total. The monoisotopic (exact) mass is 437 g/mol. The molecule has 8 nitrogen and oxygen atoms in total. The van der Waals surface area contributed by atoms with Crippen molar-refractivity contribution in [2.24, 2.45) is 0 Å². The van der Waals surface area contributed by atoms with E-state index < -0.39 is 0 Å². The molecule has 0 saturated carbocycles. The lowest BCUT2D eigenvalue weighted by Crippen LogP contribution is -2.27. The Kier molecular flexibility index (Phi) is 6.29. The Hall–Kier alpha value is -3.23. The third kappa shape index (κ3) is 4.60. The summed E-state index contributed by atoms with van der Waals surface area (Å²) in [6, 6.07) is 9.21. The Morgan fingerprint density at radius 1 is 1.23 bits per heavy atom. The molecule has 160 valence electrons. The normalized spacial score (nSPS) is 11.4. The second-order valence-corrected chi connectivity index (χ2v) is 7.53. The minimum absolute atomic E-state index is 0.291. The zero-order valence-electron chi connectivity index (χ0n) is 17.5. The van der Waals surface area contributed by atoms with E-state index in [1.165, 1.54) is 6.20 Å². The Labute approximate surface area is 185 Å². The Morgan fingerprint density at radius 2 is 2.06 bits per heavy atom. The number of benzene rings is 1. The van der Waals surface area contributed by atoms with E-state index in [-0.39, 0.29) is 5.91 Å². The molecule has 4 rings (SSSR count). The molecule has 0 bridgehead atoms. The van der Waals surface area contributed by atoms with E-state index >= 15 is 0 Å². The van der Waals surface area contributed by atoms with E-state index in [4.69, 9.17) is 16.7 Å². The standard InChI is InChI=1S/C22H24ClN7O/c1-3-28(4-2)11-12-29-15-19(20(27-29)16-7-5-8-17(23)13-16)26-22(31)18-14-25-30-10-6-9-24-21(18)30/h5-10,13-15H,3-4,11-12H2,1-2H3,(H,26,31). The molecule has 0 aliphatic heterocycles. The molecule has 31 heavy (non-hydrogen) atoms. The van der Waals surface area contributed by atoms with Gasteiger partial charge in [-0.3, -0.25) is 9.48 Å². The Morgan fingerprint density at radius 3 is 2.84 bits per heavy atom. The molecule has 0 aliphatic carbocycles. The summed E-state index contributed by atoms with van der Waals surface area (Å²) in [4.78, 5) is 19.6. The molecule has 0 radical (unpaired) electrons. The van der Waals surface area contributed by atoms with E-state index in [9.17, 15) is 4.79 Å². The second-order valence-electron chi connectivity index (χ2n) is 7.09. The number of carbonyl (C=O) groups is 1. The quantitative estimate of drug-likeness (QED) is 0.453. The number of hydrogen-bond donors (Lipinski definition) is 1. The summed E-state index contributed by atoms with van der Waals surface area (Å²) < 4.78 is 3.43. The number of likely N-dealkylation sites (N-methyl/N-ethyl adjacent to an activating group) is 1. The number of carbonyl (C=O) groups excluding carboxylic acids is 1. The molecule has 0 spiro atoms. The fourth-order valence-corrected chi connectivity index (χ4v) is 3.63. The lowest BCUT2D eigenvalue weighted by Gasteiger charge is -2.17. The minimum atomic E-state index is -0.291. The van der Waals surface area contributed by atoms with E-state index in [0.29, 0.717) is 34.2 Å². The molecule has 1 aromatic carbocycles. The maximum Gasteiger partial charge on any atom is 0.261 e. The maximum atomic E-state index is 13.0. The van der Waals surface area contributed by atoms with Crippen LogP contribution in [0, 0.1) is 0 Å². The summed E-state index contributed by atoms with van der Waals surface area (Å²) >= 11 is 6.20. The van der Waals surface area contributed by atoms with Crippen molar-refractivity contribution in [2.75, 3.05) is 25.0 Å². The van der Waals surface area contributed by atoms with Crippen LogP contribution in [-0.2, 0) is 6.54 Å². The van der Waals surface area contributed by atoms with Crippen LogP contribution in [0.5, 0.6) is 0 Å². The molecule has 1 amide bonds. The van der Waals surface area contributed by atoms with Crippen molar-refractivity contribution in [1.29, 1.82) is 0 Å². The number of anilines is 1. The van der Waals surface area contributed by atoms with Crippen molar-refractivity contribution in [3.63, 3.8) is 0 Å². The average Bonchev–Trinajstić information content (AvgIpc) is 3.38. The van der Waals surface area contributed by atoms with Crippen LogP contribution in [-0.4, -0.2) is 54.8 Å². The van der Waals surface area contributed by atoms with Gasteiger partial charge in [0.15, 0.2) is 5.65 Å². The fourth-order valence-electron chi connectivity index (χ4n) is 3.44. The summed E-state index contributed by atoms with van der Waals surface area (Å²) in [7, 11) is 0. The van der Waals surface area contributed by atoms with Gasteiger partial charge < -0.3 is 10.2 Å². The van der Waals surface area contributed by atoms with Gasteiger partial charge >= 0.3 is 0 Å². The number of fused-ring (bicyclic) bond motifs is 1. The highest BCUT2D eigenvalue weighted by Crippen LogP contribution is 2.29. The first kappa shape index (κ1) is 21.0. The van der Waals surface area contributed by atoms with Gasteiger partial charge in [0, 0.05) is 35.7 Å². The highest BCUT2D eigenvalue weighted by Gasteiger charge is 2.19. The third-order valence-corrected chi connectivity index (χ3v) is 5.41. The molecule has 3 heterocycles. The summed E-state index contributed by atoms with van der Waals surface area (Å²) in [5.74, 6) is -0.291. The van der Waals surface area contributed by atoms with Gasteiger partial charge in [0.25, 0.3) is 5.91 Å². The molecule has 0 aliphatic rings. The molecule has 0 saturated heterocycles. The van der Waals surface area contributed by atoms with Gasteiger partial charge in [0.1, 0.15) is 11.3 Å². The number of amides is 1. The van der Waals surface area contributed by atoms with Crippen molar-refractivity contribution in [1.82, 2.24) is 29.3 Å². The highest BCUT2D eigenvalue weighted by molar-refractivity contribution is 6.30. The summed E-state index contributed by atoms with van der Waals surface area (Å²) in [5.41, 5.74) is 3.01. The molecule has 0 atom stereocenters. The number of hydrogen-bond acceptors (Lipinski definition) is 5. The van der Waals surface area contributed by atoms with Gasteiger partial charge in [-0.2, -0.15) is 10.2 Å². The number of halogens is 1. The first-order chi connectivity index (χ1) is 15.1. The van der Waals surface area contributed by atoms with Crippen molar-refractivity contribution in [3.05, 3.63) is 65.7 Å². The van der Waals surface area contributed by atoms with Crippen molar-refractivity contribution in [2.45, 2.75) is 20.4 Å². The van der Waals surface area contributed by atoms with E-state index in [2.05, 4.69) is 34.1 Å². The van der Waals surface area contributed by atoms with Crippen LogP contribution in [0.3, 0.4) is 0 Å². The molecule has 3 aromatic heterocycles. The SMILES string of the molecule is CCN(CC)CCn1cc(NC(=O)c2cnn3cccnc23)c(-c2cccc(Cl)c2)n1. The first-order valence-corrected chi connectivity index (χ1v) is 10.6. The van der Waals surface area contributed by atoms with Crippen molar-refractivity contribution in [3.8, 4) is 11.3 Å². The van der Waals surface area contributed by atoms with Crippen LogP contribution in [0.2, 0.25) is 5.02 Å². The van der Waals surface area contributed by atoms with Crippen molar-refractivity contribution < 1.29 is 4.79 Å². The first-order valence-electron chi connectivity index (χ1n) is 10.2. The van der Waals surface area contributed by atoms with Gasteiger partial charge in [0.2, 0.25) is 0 Å². The Bertz CT molecular complexity index is 1200. The minimum Gasteiger partial charge on any atom is -0.319 e. The molecule has 4 aromatic rings. The number of nitrogens with zero attached hydrogens (tertiary/aromatic N) is 6. The van der Waals surface area contributed by atoms with Crippen LogP contribution >= 0.6 is 11.6 Å². The predicted octanol–water partition coefficient (Wildman–Crippen LogP) is 3.84. The second kappa shape index (κ2) is 9.28. The lowest BCUT2D eigenvalue weighted by molar-refractivity contribution is 0.102. The number of aromatic nitrogens is 5. The summed E-state index contributed by atoms with van der Waals surface area (Å²) in [5, 5.41) is 12.5.